The maximum Gasteiger partial charge on any atom is 2.00 e. The van der Waals surface area contributed by atoms with Crippen molar-refractivity contribution >= 4 is 24.2 Å². The summed E-state index contributed by atoms with van der Waals surface area (Å²) in [6.45, 7) is 0. The van der Waals surface area contributed by atoms with Gasteiger partial charge in [0.25, 0.3) is 0 Å². The van der Waals surface area contributed by atoms with Gasteiger partial charge in [-0.25, -0.2) is 0 Å². The second-order valence-corrected chi connectivity index (χ2v) is 8.01. The summed E-state index contributed by atoms with van der Waals surface area (Å²) in [4.78, 5) is 7.52. The summed E-state index contributed by atoms with van der Waals surface area (Å²) in [6, 6.07) is 14.7. The summed E-state index contributed by atoms with van der Waals surface area (Å²) in [7, 11) is 0. The van der Waals surface area contributed by atoms with Gasteiger partial charge in [0, 0.05) is 36.6 Å². The zero-order chi connectivity index (χ0) is 30.6. The number of benzene rings is 2. The Hall–Kier alpha value is -4.91. The summed E-state index contributed by atoms with van der Waals surface area (Å²) in [5.74, 6) is -1.11. The molecule has 2 aromatic carbocycles. The normalized spacial score (nSPS) is 12.5. The third-order valence-corrected chi connectivity index (χ3v) is 5.04. The molecule has 0 spiro atoms. The third kappa shape index (κ3) is 11.5. The van der Waals surface area contributed by atoms with Crippen LogP contribution in [-0.2, 0) is 28.8 Å². The van der Waals surface area contributed by atoms with E-state index in [0.29, 0.717) is 22.3 Å². The zero-order valence-electron chi connectivity index (χ0n) is 21.5. The maximum atomic E-state index is 12.4. The SMILES string of the molecule is [Ni+2].[O-]/C(=N\N=C/c1ccc(C(F)(F)F)cc1)c1ccncc1.[O-]/C(=N\N=C\c1ccc(C(F)(F)F)cc1)c1ccncc1. The van der Waals surface area contributed by atoms with E-state index in [4.69, 9.17) is 0 Å². The fourth-order valence-corrected chi connectivity index (χ4v) is 2.92. The van der Waals surface area contributed by atoms with E-state index in [2.05, 4.69) is 30.4 Å². The van der Waals surface area contributed by atoms with Crippen LogP contribution in [0.2, 0.25) is 0 Å². The number of alkyl halides is 6. The van der Waals surface area contributed by atoms with Crippen molar-refractivity contribution in [3.63, 3.8) is 0 Å². The Morgan fingerprint density at radius 1 is 0.535 bits per heavy atom. The Balaban J connectivity index is 0.000000293. The van der Waals surface area contributed by atoms with Gasteiger partial charge in [0.2, 0.25) is 0 Å². The van der Waals surface area contributed by atoms with E-state index >= 15 is 0 Å². The smallest absolute Gasteiger partial charge is 0.857 e. The number of nitrogens with zero attached hydrogens (tertiary/aromatic N) is 6. The molecular formula is C28H18F6N6NiO2. The van der Waals surface area contributed by atoms with Crippen LogP contribution in [0.5, 0.6) is 0 Å². The molecule has 0 fully saturated rings. The zero-order valence-corrected chi connectivity index (χ0v) is 22.5. The molecule has 224 valence electrons. The number of pyridine rings is 2. The van der Waals surface area contributed by atoms with Crippen molar-refractivity contribution in [2.24, 2.45) is 20.4 Å². The molecule has 0 bridgehead atoms. The summed E-state index contributed by atoms with van der Waals surface area (Å²) in [5, 5.41) is 37.1. The number of aromatic nitrogens is 2. The molecule has 0 N–H and O–H groups in total. The van der Waals surface area contributed by atoms with Gasteiger partial charge in [-0.05, 0) is 70.8 Å². The van der Waals surface area contributed by atoms with Crippen molar-refractivity contribution in [2.75, 3.05) is 0 Å². The van der Waals surface area contributed by atoms with Gasteiger partial charge in [0.05, 0.1) is 23.6 Å². The van der Waals surface area contributed by atoms with Gasteiger partial charge in [-0.15, -0.1) is 0 Å². The van der Waals surface area contributed by atoms with Gasteiger partial charge in [0.15, 0.2) is 0 Å². The topological polar surface area (TPSA) is 121 Å². The van der Waals surface area contributed by atoms with Crippen molar-refractivity contribution in [1.82, 2.24) is 9.97 Å². The number of hydrogen-bond acceptors (Lipinski definition) is 8. The second kappa shape index (κ2) is 15.9. The summed E-state index contributed by atoms with van der Waals surface area (Å²) >= 11 is 0. The molecule has 0 amide bonds. The van der Waals surface area contributed by atoms with Gasteiger partial charge >= 0.3 is 28.8 Å². The molecule has 0 aliphatic heterocycles. The first-order valence-electron chi connectivity index (χ1n) is 11.6. The molecule has 0 aliphatic rings. The Labute approximate surface area is 250 Å². The largest absolute Gasteiger partial charge is 2.00 e. The molecule has 8 nitrogen and oxygen atoms in total. The average molecular weight is 643 g/mol. The maximum absolute atomic E-state index is 12.4. The first-order chi connectivity index (χ1) is 19.9. The molecule has 0 radical (unpaired) electrons. The van der Waals surface area contributed by atoms with E-state index in [-0.39, 0.29) is 16.5 Å². The number of rotatable bonds is 6. The first-order valence-corrected chi connectivity index (χ1v) is 11.6. The van der Waals surface area contributed by atoms with Crippen LogP contribution in [0.1, 0.15) is 33.4 Å². The van der Waals surface area contributed by atoms with E-state index in [1.165, 1.54) is 85.7 Å². The van der Waals surface area contributed by atoms with Crippen molar-refractivity contribution < 1.29 is 53.0 Å². The molecule has 0 aliphatic carbocycles. The van der Waals surface area contributed by atoms with Crippen molar-refractivity contribution in [2.45, 2.75) is 12.4 Å². The van der Waals surface area contributed by atoms with Crippen molar-refractivity contribution in [3.05, 3.63) is 131 Å². The van der Waals surface area contributed by atoms with Crippen LogP contribution >= 0.6 is 0 Å². The molecule has 2 aromatic heterocycles. The molecule has 0 atom stereocenters. The van der Waals surface area contributed by atoms with Gasteiger partial charge < -0.3 is 10.2 Å². The van der Waals surface area contributed by atoms with Crippen molar-refractivity contribution in [3.8, 4) is 0 Å². The number of halogens is 6. The van der Waals surface area contributed by atoms with Crippen LogP contribution in [0, 0.1) is 0 Å². The van der Waals surface area contributed by atoms with Crippen molar-refractivity contribution in [1.29, 1.82) is 0 Å². The molecule has 43 heavy (non-hydrogen) atoms. The van der Waals surface area contributed by atoms with Gasteiger partial charge in [-0.1, -0.05) is 24.3 Å². The minimum atomic E-state index is -4.38. The quantitative estimate of drug-likeness (QED) is 0.101. The van der Waals surface area contributed by atoms with Crippen LogP contribution in [0.3, 0.4) is 0 Å². The Morgan fingerprint density at radius 3 is 1.12 bits per heavy atom. The van der Waals surface area contributed by atoms with Crippen LogP contribution < -0.4 is 10.2 Å². The van der Waals surface area contributed by atoms with Crippen LogP contribution in [-0.4, -0.2) is 34.2 Å². The minimum Gasteiger partial charge on any atom is -0.857 e. The summed E-state index contributed by atoms with van der Waals surface area (Å²) in [5.41, 5.74) is -0.0124. The molecular weight excluding hydrogens is 625 g/mol. The van der Waals surface area contributed by atoms with Crippen LogP contribution in [0.15, 0.2) is 118 Å². The predicted octanol–water partition coefficient (Wildman–Crippen LogP) is 4.48. The number of hydrogen-bond donors (Lipinski definition) is 0. The summed E-state index contributed by atoms with van der Waals surface area (Å²) < 4.78 is 74.2. The minimum absolute atomic E-state index is 0. The predicted molar refractivity (Wildman–Crippen MR) is 140 cm³/mol. The fraction of sp³-hybridized carbons (Fsp3) is 0.0714. The average Bonchev–Trinajstić information content (AvgIpc) is 2.98. The Morgan fingerprint density at radius 2 is 0.837 bits per heavy atom. The van der Waals surface area contributed by atoms with Crippen LogP contribution in [0.4, 0.5) is 26.3 Å². The molecule has 0 unspecified atom stereocenters. The second-order valence-electron chi connectivity index (χ2n) is 8.01. The van der Waals surface area contributed by atoms with E-state index in [1.54, 1.807) is 0 Å². The monoisotopic (exact) mass is 642 g/mol. The molecule has 2 heterocycles. The van der Waals surface area contributed by atoms with Gasteiger partial charge in [-0.3, -0.25) is 9.97 Å². The Bertz CT molecular complexity index is 1420. The first kappa shape index (κ1) is 34.3. The van der Waals surface area contributed by atoms with E-state index in [1.807, 2.05) is 0 Å². The fourth-order valence-electron chi connectivity index (χ4n) is 2.92. The third-order valence-electron chi connectivity index (χ3n) is 5.04. The van der Waals surface area contributed by atoms with E-state index in [0.717, 1.165) is 24.3 Å². The van der Waals surface area contributed by atoms with E-state index < -0.39 is 35.3 Å². The molecule has 0 saturated heterocycles. The Kier molecular flexibility index (Phi) is 12.7. The summed E-state index contributed by atoms with van der Waals surface area (Å²) in [6.07, 6.45) is -0.553. The van der Waals surface area contributed by atoms with E-state index in [9.17, 15) is 36.6 Å². The molecule has 4 rings (SSSR count). The van der Waals surface area contributed by atoms with Gasteiger partial charge in [0.1, 0.15) is 0 Å². The van der Waals surface area contributed by atoms with Gasteiger partial charge in [-0.2, -0.15) is 46.7 Å². The molecule has 15 heteroatoms. The molecule has 0 saturated carbocycles. The molecule has 4 aromatic rings. The standard InChI is InChI=1S/2C14H10F3N3O.Ni/c2*15-14(16,17)12-3-1-10(2-4-12)9-19-20-13(21)11-5-7-18-8-6-11;/h2*1-9H,(H,20,21);/q;;+2/p-2/b19-9+;19-9-;. The van der Waals surface area contributed by atoms with Crippen LogP contribution in [0.25, 0.3) is 0 Å².